The van der Waals surface area contributed by atoms with Gasteiger partial charge in [0, 0.05) is 11.9 Å². The molecule has 2 aromatic heterocycles. The van der Waals surface area contributed by atoms with E-state index in [1.165, 1.54) is 11.3 Å². The molecular weight excluding hydrogens is 174 g/mol. The Morgan fingerprint density at radius 3 is 2.86 bits per heavy atom. The van der Waals surface area contributed by atoms with E-state index in [2.05, 4.69) is 23.9 Å². The summed E-state index contributed by atoms with van der Waals surface area (Å²) in [5.41, 5.74) is 2.45. The lowest BCUT2D eigenvalue weighted by molar-refractivity contribution is 0.787. The number of hydrogen-bond donors (Lipinski definition) is 0. The summed E-state index contributed by atoms with van der Waals surface area (Å²) >= 11 is 0. The van der Waals surface area contributed by atoms with Gasteiger partial charge in [-0.05, 0) is 31.0 Å². The minimum Gasteiger partial charge on any atom is -0.237 e. The van der Waals surface area contributed by atoms with Crippen LogP contribution in [0.15, 0.2) is 30.6 Å². The first-order valence-electron chi connectivity index (χ1n) is 4.78. The van der Waals surface area contributed by atoms with Gasteiger partial charge in [-0.3, -0.25) is 0 Å². The van der Waals surface area contributed by atoms with Crippen LogP contribution in [0, 0.1) is 6.92 Å². The highest BCUT2D eigenvalue weighted by atomic mass is 15.3. The zero-order valence-corrected chi connectivity index (χ0v) is 8.44. The molecule has 3 nitrogen and oxygen atoms in total. The summed E-state index contributed by atoms with van der Waals surface area (Å²) < 4.78 is 1.90. The fraction of sp³-hybridized carbons (Fsp3) is 0.273. The van der Waals surface area contributed by atoms with Gasteiger partial charge in [0.15, 0.2) is 5.82 Å². The first kappa shape index (κ1) is 8.94. The van der Waals surface area contributed by atoms with Gasteiger partial charge in [-0.25, -0.2) is 9.67 Å². The molecule has 72 valence electrons. The maximum atomic E-state index is 4.31. The van der Waals surface area contributed by atoms with Crippen LogP contribution in [0.25, 0.3) is 5.82 Å². The number of aromatic nitrogens is 3. The first-order chi connectivity index (χ1) is 6.83. The molecule has 14 heavy (non-hydrogen) atoms. The SMILES string of the molecule is CCc1c(C)cnn1-c1ccccn1. The summed E-state index contributed by atoms with van der Waals surface area (Å²) in [5.74, 6) is 0.887. The highest BCUT2D eigenvalue weighted by molar-refractivity contribution is 5.27. The van der Waals surface area contributed by atoms with Crippen molar-refractivity contribution >= 4 is 0 Å². The second-order valence-electron chi connectivity index (χ2n) is 3.23. The molecule has 0 radical (unpaired) electrons. The lowest BCUT2D eigenvalue weighted by Crippen LogP contribution is -2.03. The molecule has 0 bridgehead atoms. The molecule has 0 aliphatic carbocycles. The molecule has 2 rings (SSSR count). The molecule has 0 atom stereocenters. The van der Waals surface area contributed by atoms with E-state index in [-0.39, 0.29) is 0 Å². The van der Waals surface area contributed by atoms with E-state index in [0.717, 1.165) is 12.2 Å². The quantitative estimate of drug-likeness (QED) is 0.721. The van der Waals surface area contributed by atoms with E-state index in [0.29, 0.717) is 0 Å². The normalized spacial score (nSPS) is 10.4. The summed E-state index contributed by atoms with van der Waals surface area (Å²) in [6.45, 7) is 4.20. The Balaban J connectivity index is 2.52. The van der Waals surface area contributed by atoms with Gasteiger partial charge in [0.1, 0.15) is 0 Å². The molecular formula is C11H13N3. The summed E-state index contributed by atoms with van der Waals surface area (Å²) in [6.07, 6.45) is 4.64. The van der Waals surface area contributed by atoms with Gasteiger partial charge in [-0.2, -0.15) is 5.10 Å². The molecule has 0 aliphatic heterocycles. The molecule has 2 heterocycles. The van der Waals surface area contributed by atoms with Crippen molar-refractivity contribution < 1.29 is 0 Å². The Bertz CT molecular complexity index is 417. The van der Waals surface area contributed by atoms with E-state index in [9.17, 15) is 0 Å². The molecule has 3 heteroatoms. The topological polar surface area (TPSA) is 30.7 Å². The summed E-state index contributed by atoms with van der Waals surface area (Å²) in [6, 6.07) is 5.84. The lowest BCUT2D eigenvalue weighted by atomic mass is 10.2. The number of rotatable bonds is 2. The predicted molar refractivity (Wildman–Crippen MR) is 55.5 cm³/mol. The molecule has 0 amide bonds. The van der Waals surface area contributed by atoms with Gasteiger partial charge < -0.3 is 0 Å². The van der Waals surface area contributed by atoms with Crippen LogP contribution in [0.5, 0.6) is 0 Å². The highest BCUT2D eigenvalue weighted by Crippen LogP contribution is 2.12. The second kappa shape index (κ2) is 3.62. The summed E-state index contributed by atoms with van der Waals surface area (Å²) in [4.78, 5) is 4.27. The Morgan fingerprint density at radius 1 is 1.36 bits per heavy atom. The highest BCUT2D eigenvalue weighted by Gasteiger charge is 2.06. The van der Waals surface area contributed by atoms with E-state index < -0.39 is 0 Å². The Kier molecular flexibility index (Phi) is 2.31. The van der Waals surface area contributed by atoms with Crippen molar-refractivity contribution in [3.05, 3.63) is 41.9 Å². The Labute approximate surface area is 83.4 Å². The van der Waals surface area contributed by atoms with Crippen LogP contribution in [0.2, 0.25) is 0 Å². The van der Waals surface area contributed by atoms with Crippen molar-refractivity contribution in [2.24, 2.45) is 0 Å². The van der Waals surface area contributed by atoms with Crippen molar-refractivity contribution in [3.8, 4) is 5.82 Å². The van der Waals surface area contributed by atoms with Gasteiger partial charge in [0.25, 0.3) is 0 Å². The van der Waals surface area contributed by atoms with Crippen LogP contribution < -0.4 is 0 Å². The maximum Gasteiger partial charge on any atom is 0.153 e. The largest absolute Gasteiger partial charge is 0.237 e. The predicted octanol–water partition coefficient (Wildman–Crippen LogP) is 2.14. The van der Waals surface area contributed by atoms with Gasteiger partial charge >= 0.3 is 0 Å². The smallest absolute Gasteiger partial charge is 0.153 e. The first-order valence-corrected chi connectivity index (χ1v) is 4.78. The second-order valence-corrected chi connectivity index (χ2v) is 3.23. The zero-order valence-electron chi connectivity index (χ0n) is 8.44. The third-order valence-electron chi connectivity index (χ3n) is 2.28. The molecule has 0 spiro atoms. The van der Waals surface area contributed by atoms with E-state index in [4.69, 9.17) is 0 Å². The summed E-state index contributed by atoms with van der Waals surface area (Å²) in [5, 5.41) is 4.31. The number of pyridine rings is 1. The van der Waals surface area contributed by atoms with Crippen molar-refractivity contribution in [2.45, 2.75) is 20.3 Å². The average Bonchev–Trinajstić information content (AvgIpc) is 2.61. The van der Waals surface area contributed by atoms with Crippen LogP contribution in [-0.2, 0) is 6.42 Å². The Morgan fingerprint density at radius 2 is 2.21 bits per heavy atom. The molecule has 0 aliphatic rings. The van der Waals surface area contributed by atoms with E-state index in [1.54, 1.807) is 6.20 Å². The lowest BCUT2D eigenvalue weighted by Gasteiger charge is -2.04. The zero-order chi connectivity index (χ0) is 9.97. The third kappa shape index (κ3) is 1.41. The molecule has 0 N–H and O–H groups in total. The molecule has 0 saturated carbocycles. The molecule has 0 unspecified atom stereocenters. The number of hydrogen-bond acceptors (Lipinski definition) is 2. The van der Waals surface area contributed by atoms with Gasteiger partial charge in [0.05, 0.1) is 6.20 Å². The number of nitrogens with zero attached hydrogens (tertiary/aromatic N) is 3. The summed E-state index contributed by atoms with van der Waals surface area (Å²) in [7, 11) is 0. The maximum absolute atomic E-state index is 4.31. The minimum absolute atomic E-state index is 0.887. The van der Waals surface area contributed by atoms with Crippen molar-refractivity contribution in [1.29, 1.82) is 0 Å². The van der Waals surface area contributed by atoms with E-state index >= 15 is 0 Å². The number of aryl methyl sites for hydroxylation is 1. The average molecular weight is 187 g/mol. The molecule has 2 aromatic rings. The van der Waals surface area contributed by atoms with Crippen LogP contribution in [0.3, 0.4) is 0 Å². The Hall–Kier alpha value is -1.64. The van der Waals surface area contributed by atoms with Crippen LogP contribution in [0.1, 0.15) is 18.2 Å². The van der Waals surface area contributed by atoms with Crippen molar-refractivity contribution in [2.75, 3.05) is 0 Å². The van der Waals surface area contributed by atoms with Crippen molar-refractivity contribution in [1.82, 2.24) is 14.8 Å². The fourth-order valence-electron chi connectivity index (χ4n) is 1.56. The molecule has 0 aromatic carbocycles. The molecule has 0 fully saturated rings. The van der Waals surface area contributed by atoms with Crippen LogP contribution >= 0.6 is 0 Å². The standard InChI is InChI=1S/C11H13N3/c1-3-10-9(2)8-13-14(10)11-6-4-5-7-12-11/h4-8H,3H2,1-2H3. The minimum atomic E-state index is 0.887. The third-order valence-corrected chi connectivity index (χ3v) is 2.28. The van der Waals surface area contributed by atoms with Crippen LogP contribution in [0.4, 0.5) is 0 Å². The monoisotopic (exact) mass is 187 g/mol. The van der Waals surface area contributed by atoms with Crippen LogP contribution in [-0.4, -0.2) is 14.8 Å². The van der Waals surface area contributed by atoms with Gasteiger partial charge in [-0.1, -0.05) is 13.0 Å². The van der Waals surface area contributed by atoms with E-state index in [1.807, 2.05) is 29.1 Å². The fourth-order valence-corrected chi connectivity index (χ4v) is 1.56. The van der Waals surface area contributed by atoms with Gasteiger partial charge in [0.2, 0.25) is 0 Å². The molecule has 0 saturated heterocycles. The van der Waals surface area contributed by atoms with Crippen molar-refractivity contribution in [3.63, 3.8) is 0 Å². The van der Waals surface area contributed by atoms with Gasteiger partial charge in [-0.15, -0.1) is 0 Å².